The molecule has 0 aliphatic carbocycles. The van der Waals surface area contributed by atoms with Crippen LogP contribution in [0, 0.1) is 0 Å². The van der Waals surface area contributed by atoms with E-state index in [0.29, 0.717) is 0 Å². The van der Waals surface area contributed by atoms with Gasteiger partial charge in [-0.05, 0) is 64.0 Å². The second-order valence-electron chi connectivity index (χ2n) is 5.99. The van der Waals surface area contributed by atoms with Gasteiger partial charge in [0, 0.05) is 17.1 Å². The molecule has 3 rings (SSSR count). The first-order valence-electron chi connectivity index (χ1n) is 7.19. The molecule has 20 heavy (non-hydrogen) atoms. The largest absolute Gasteiger partial charge is 0.483 e. The summed E-state index contributed by atoms with van der Waals surface area (Å²) in [5, 5.41) is 1.23. The predicted molar refractivity (Wildman–Crippen MR) is 85.0 cm³/mol. The summed E-state index contributed by atoms with van der Waals surface area (Å²) in [7, 11) is 0. The molecule has 1 aliphatic rings. The summed E-state index contributed by atoms with van der Waals surface area (Å²) in [5.41, 5.74) is 3.47. The molecule has 1 aromatic carbocycles. The summed E-state index contributed by atoms with van der Waals surface area (Å²) < 4.78 is 6.24. The van der Waals surface area contributed by atoms with Crippen LogP contribution in [0.1, 0.15) is 39.2 Å². The summed E-state index contributed by atoms with van der Waals surface area (Å²) in [6.07, 6.45) is 10.7. The Labute approximate surface area is 120 Å². The SMILES string of the molecule is CC(C)=CCCC1(C)C=Cc2c(ccc3cc[nH]c23)O1. The second kappa shape index (κ2) is 4.86. The molecule has 1 unspecified atom stereocenters. The molecule has 0 fully saturated rings. The Morgan fingerprint density at radius 1 is 1.30 bits per heavy atom. The molecule has 1 aliphatic heterocycles. The molecule has 0 radical (unpaired) electrons. The highest BCUT2D eigenvalue weighted by Crippen LogP contribution is 2.37. The number of nitrogens with one attached hydrogen (secondary N) is 1. The number of allylic oxidation sites excluding steroid dienone is 2. The van der Waals surface area contributed by atoms with Crippen molar-refractivity contribution in [3.8, 4) is 5.75 Å². The van der Waals surface area contributed by atoms with Crippen molar-refractivity contribution in [2.24, 2.45) is 0 Å². The molecule has 1 atom stereocenters. The van der Waals surface area contributed by atoms with E-state index in [0.717, 1.165) is 29.7 Å². The molecule has 1 N–H and O–H groups in total. The molecule has 104 valence electrons. The van der Waals surface area contributed by atoms with Crippen molar-refractivity contribution in [2.45, 2.75) is 39.2 Å². The molecule has 2 nitrogen and oxygen atoms in total. The van der Waals surface area contributed by atoms with E-state index in [1.165, 1.54) is 11.0 Å². The average molecular weight is 267 g/mol. The van der Waals surface area contributed by atoms with Gasteiger partial charge in [-0.3, -0.25) is 0 Å². The van der Waals surface area contributed by atoms with E-state index in [2.05, 4.69) is 62.2 Å². The quantitative estimate of drug-likeness (QED) is 0.771. The van der Waals surface area contributed by atoms with E-state index >= 15 is 0 Å². The Balaban J connectivity index is 1.87. The molecule has 2 aromatic rings. The number of hydrogen-bond acceptors (Lipinski definition) is 1. The fraction of sp³-hybridized carbons (Fsp3) is 0.333. The van der Waals surface area contributed by atoms with Crippen molar-refractivity contribution in [1.82, 2.24) is 4.98 Å². The van der Waals surface area contributed by atoms with E-state index in [1.807, 2.05) is 6.20 Å². The highest BCUT2D eigenvalue weighted by molar-refractivity contribution is 5.91. The number of aromatic nitrogens is 1. The molecule has 1 aromatic heterocycles. The summed E-state index contributed by atoms with van der Waals surface area (Å²) in [4.78, 5) is 3.29. The predicted octanol–water partition coefficient (Wildman–Crippen LogP) is 5.08. The van der Waals surface area contributed by atoms with Gasteiger partial charge in [0.05, 0.1) is 5.52 Å². The maximum atomic E-state index is 6.24. The van der Waals surface area contributed by atoms with Crippen LogP contribution in [0.5, 0.6) is 5.75 Å². The van der Waals surface area contributed by atoms with E-state index in [1.54, 1.807) is 0 Å². The number of fused-ring (bicyclic) bond motifs is 3. The minimum atomic E-state index is -0.209. The third-order valence-corrected chi connectivity index (χ3v) is 3.87. The maximum absolute atomic E-state index is 6.24. The first-order chi connectivity index (χ1) is 9.57. The van der Waals surface area contributed by atoms with Crippen LogP contribution >= 0.6 is 0 Å². The summed E-state index contributed by atoms with van der Waals surface area (Å²) in [6, 6.07) is 6.28. The lowest BCUT2D eigenvalue weighted by molar-refractivity contribution is 0.129. The van der Waals surface area contributed by atoms with Crippen molar-refractivity contribution in [1.29, 1.82) is 0 Å². The lowest BCUT2D eigenvalue weighted by Crippen LogP contribution is -2.31. The molecule has 2 heteroatoms. The van der Waals surface area contributed by atoms with E-state index in [9.17, 15) is 0 Å². The molecule has 0 amide bonds. The second-order valence-corrected chi connectivity index (χ2v) is 5.99. The van der Waals surface area contributed by atoms with Crippen LogP contribution in [-0.4, -0.2) is 10.6 Å². The number of hydrogen-bond donors (Lipinski definition) is 1. The molecular formula is C18H21NO. The monoisotopic (exact) mass is 267 g/mol. The van der Waals surface area contributed by atoms with E-state index < -0.39 is 0 Å². The molecule has 0 spiro atoms. The molecule has 0 saturated heterocycles. The van der Waals surface area contributed by atoms with Gasteiger partial charge in [0.15, 0.2) is 0 Å². The average Bonchev–Trinajstić information content (AvgIpc) is 2.86. The first kappa shape index (κ1) is 13.0. The summed E-state index contributed by atoms with van der Waals surface area (Å²) in [5.74, 6) is 0.974. The Morgan fingerprint density at radius 2 is 2.15 bits per heavy atom. The van der Waals surface area contributed by atoms with Gasteiger partial charge >= 0.3 is 0 Å². The third kappa shape index (κ3) is 2.38. The third-order valence-electron chi connectivity index (χ3n) is 3.87. The van der Waals surface area contributed by atoms with Gasteiger partial charge in [-0.1, -0.05) is 11.6 Å². The highest BCUT2D eigenvalue weighted by Gasteiger charge is 2.27. The number of aromatic amines is 1. The lowest BCUT2D eigenvalue weighted by atomic mass is 9.94. The van der Waals surface area contributed by atoms with E-state index in [-0.39, 0.29) is 5.60 Å². The van der Waals surface area contributed by atoms with Crippen LogP contribution in [-0.2, 0) is 0 Å². The molecule has 2 heterocycles. The van der Waals surface area contributed by atoms with Crippen molar-refractivity contribution in [2.75, 3.05) is 0 Å². The van der Waals surface area contributed by atoms with E-state index in [4.69, 9.17) is 4.74 Å². The Kier molecular flexibility index (Phi) is 3.17. The van der Waals surface area contributed by atoms with Gasteiger partial charge in [0.1, 0.15) is 11.4 Å². The van der Waals surface area contributed by atoms with Gasteiger partial charge in [-0.2, -0.15) is 0 Å². The van der Waals surface area contributed by atoms with Crippen molar-refractivity contribution in [3.63, 3.8) is 0 Å². The molecule has 0 bridgehead atoms. The van der Waals surface area contributed by atoms with Crippen molar-refractivity contribution in [3.05, 3.63) is 47.7 Å². The van der Waals surface area contributed by atoms with Gasteiger partial charge < -0.3 is 9.72 Å². The zero-order valence-corrected chi connectivity index (χ0v) is 12.4. The fourth-order valence-electron chi connectivity index (χ4n) is 2.71. The fourth-order valence-corrected chi connectivity index (χ4v) is 2.71. The topological polar surface area (TPSA) is 25.0 Å². The Bertz CT molecular complexity index is 689. The number of H-pyrrole nitrogens is 1. The van der Waals surface area contributed by atoms with Gasteiger partial charge in [-0.25, -0.2) is 0 Å². The number of ether oxygens (including phenoxy) is 1. The van der Waals surface area contributed by atoms with Crippen molar-refractivity contribution < 1.29 is 4.74 Å². The van der Waals surface area contributed by atoms with Gasteiger partial charge in [0.25, 0.3) is 0 Å². The highest BCUT2D eigenvalue weighted by atomic mass is 16.5. The first-order valence-corrected chi connectivity index (χ1v) is 7.19. The normalized spacial score (nSPS) is 20.6. The summed E-state index contributed by atoms with van der Waals surface area (Å²) in [6.45, 7) is 6.43. The van der Waals surface area contributed by atoms with Crippen LogP contribution in [0.3, 0.4) is 0 Å². The number of benzene rings is 1. The number of rotatable bonds is 3. The van der Waals surface area contributed by atoms with Crippen LogP contribution in [0.25, 0.3) is 17.0 Å². The van der Waals surface area contributed by atoms with Crippen molar-refractivity contribution >= 4 is 17.0 Å². The van der Waals surface area contributed by atoms with Crippen LogP contribution in [0.15, 0.2) is 42.1 Å². The van der Waals surface area contributed by atoms with Crippen LogP contribution < -0.4 is 4.74 Å². The summed E-state index contributed by atoms with van der Waals surface area (Å²) >= 11 is 0. The maximum Gasteiger partial charge on any atom is 0.129 e. The minimum absolute atomic E-state index is 0.209. The Hall–Kier alpha value is -1.96. The zero-order chi connectivity index (χ0) is 14.2. The smallest absolute Gasteiger partial charge is 0.129 e. The Morgan fingerprint density at radius 3 is 2.95 bits per heavy atom. The molecule has 0 saturated carbocycles. The van der Waals surface area contributed by atoms with Gasteiger partial charge in [-0.15, -0.1) is 0 Å². The van der Waals surface area contributed by atoms with Crippen LogP contribution in [0.2, 0.25) is 0 Å². The van der Waals surface area contributed by atoms with Gasteiger partial charge in [0.2, 0.25) is 0 Å². The molecular weight excluding hydrogens is 246 g/mol. The zero-order valence-electron chi connectivity index (χ0n) is 12.4. The standard InChI is InChI=1S/C18H21NO/c1-13(2)5-4-10-18(3)11-8-15-16(20-18)7-6-14-9-12-19-17(14)15/h5-9,11-12,19H,4,10H2,1-3H3. The van der Waals surface area contributed by atoms with Crippen LogP contribution in [0.4, 0.5) is 0 Å². The minimum Gasteiger partial charge on any atom is -0.483 e. The lowest BCUT2D eigenvalue weighted by Gasteiger charge is -2.31.